The number of carbonyl (C=O) groups excluding carboxylic acids is 2. The summed E-state index contributed by atoms with van der Waals surface area (Å²) in [6, 6.07) is 17.9. The van der Waals surface area contributed by atoms with Crippen molar-refractivity contribution in [2.45, 2.75) is 51.1 Å². The van der Waals surface area contributed by atoms with Crippen molar-refractivity contribution in [2.75, 3.05) is 24.5 Å². The van der Waals surface area contributed by atoms with E-state index in [0.717, 1.165) is 32.7 Å². The fraction of sp³-hybridized carbons (Fsp3) is 0.333. The highest BCUT2D eigenvalue weighted by Gasteiger charge is 2.32. The maximum absolute atomic E-state index is 14.0. The van der Waals surface area contributed by atoms with E-state index in [9.17, 15) is 18.0 Å². The van der Waals surface area contributed by atoms with Gasteiger partial charge in [0.2, 0.25) is 11.8 Å². The van der Waals surface area contributed by atoms with Gasteiger partial charge in [-0.15, -0.1) is 0 Å². The molecule has 0 aliphatic carbocycles. The number of hydrogen-bond donors (Lipinski definition) is 1. The molecule has 3 aromatic carbocycles. The third-order valence-corrected chi connectivity index (χ3v) is 9.49. The molecule has 0 aliphatic rings. The smallest absolute Gasteiger partial charge is 0.264 e. The van der Waals surface area contributed by atoms with Crippen LogP contribution in [-0.2, 0) is 26.2 Å². The number of nitrogens with one attached hydrogen (secondary N) is 1. The van der Waals surface area contributed by atoms with Crippen LogP contribution >= 0.6 is 31.9 Å². The van der Waals surface area contributed by atoms with Gasteiger partial charge in [0.05, 0.1) is 22.2 Å². The lowest BCUT2D eigenvalue weighted by atomic mass is 10.1. The molecule has 1 atom stereocenters. The van der Waals surface area contributed by atoms with Crippen molar-refractivity contribution in [3.63, 3.8) is 0 Å². The van der Waals surface area contributed by atoms with E-state index in [2.05, 4.69) is 37.2 Å². The van der Waals surface area contributed by atoms with E-state index in [1.54, 1.807) is 37.3 Å². The summed E-state index contributed by atoms with van der Waals surface area (Å²) < 4.78 is 35.7. The average Bonchev–Trinajstić information content (AvgIpc) is 2.95. The molecular formula is C30H35Br2N3O5S. The lowest BCUT2D eigenvalue weighted by molar-refractivity contribution is -0.139. The monoisotopic (exact) mass is 707 g/mol. The lowest BCUT2D eigenvalue weighted by Crippen LogP contribution is -2.51. The largest absolute Gasteiger partial charge is 0.496 e. The molecule has 0 unspecified atom stereocenters. The van der Waals surface area contributed by atoms with Crippen LogP contribution in [0.4, 0.5) is 5.69 Å². The Hall–Kier alpha value is -2.89. The molecular weight excluding hydrogens is 674 g/mol. The Morgan fingerprint density at radius 1 is 1.00 bits per heavy atom. The molecule has 0 radical (unpaired) electrons. The van der Waals surface area contributed by atoms with Gasteiger partial charge in [-0.3, -0.25) is 13.9 Å². The number of halogens is 2. The zero-order valence-electron chi connectivity index (χ0n) is 23.6. The minimum absolute atomic E-state index is 0.0108. The number of unbranched alkanes of at least 4 members (excludes halogenated alkanes) is 1. The molecule has 3 aromatic rings. The van der Waals surface area contributed by atoms with Crippen LogP contribution in [0.5, 0.6) is 5.75 Å². The number of benzene rings is 3. The van der Waals surface area contributed by atoms with Crippen molar-refractivity contribution in [1.82, 2.24) is 10.2 Å². The molecule has 0 bridgehead atoms. The van der Waals surface area contributed by atoms with Crippen LogP contribution in [-0.4, -0.2) is 51.4 Å². The Labute approximate surface area is 259 Å². The minimum atomic E-state index is -4.19. The predicted octanol–water partition coefficient (Wildman–Crippen LogP) is 6.06. The van der Waals surface area contributed by atoms with Gasteiger partial charge in [-0.25, -0.2) is 8.42 Å². The van der Waals surface area contributed by atoms with Crippen LogP contribution in [0.3, 0.4) is 0 Å². The van der Waals surface area contributed by atoms with Crippen molar-refractivity contribution in [1.29, 1.82) is 0 Å². The van der Waals surface area contributed by atoms with Crippen molar-refractivity contribution in [2.24, 2.45) is 0 Å². The van der Waals surface area contributed by atoms with Gasteiger partial charge in [0.1, 0.15) is 18.3 Å². The Morgan fingerprint density at radius 2 is 1.66 bits per heavy atom. The fourth-order valence-electron chi connectivity index (χ4n) is 4.08. The van der Waals surface area contributed by atoms with Crippen molar-refractivity contribution < 1.29 is 22.7 Å². The van der Waals surface area contributed by atoms with Gasteiger partial charge in [0.15, 0.2) is 0 Å². The number of carbonyl (C=O) groups is 2. The van der Waals surface area contributed by atoms with Gasteiger partial charge in [-0.2, -0.15) is 0 Å². The molecule has 11 heteroatoms. The number of hydrogen-bond acceptors (Lipinski definition) is 5. The van der Waals surface area contributed by atoms with Crippen molar-refractivity contribution in [3.05, 3.63) is 86.8 Å². The van der Waals surface area contributed by atoms with Gasteiger partial charge >= 0.3 is 0 Å². The lowest BCUT2D eigenvalue weighted by Gasteiger charge is -2.32. The number of rotatable bonds is 13. The maximum Gasteiger partial charge on any atom is 0.264 e. The van der Waals surface area contributed by atoms with Gasteiger partial charge < -0.3 is 15.0 Å². The second-order valence-corrected chi connectivity index (χ2v) is 13.2. The van der Waals surface area contributed by atoms with Gasteiger partial charge in [-0.05, 0) is 84.2 Å². The van der Waals surface area contributed by atoms with Gasteiger partial charge in [0, 0.05) is 17.6 Å². The van der Waals surface area contributed by atoms with Crippen LogP contribution in [0, 0.1) is 6.92 Å². The van der Waals surface area contributed by atoms with E-state index in [1.165, 1.54) is 24.1 Å². The summed E-state index contributed by atoms with van der Waals surface area (Å²) in [6.07, 6.45) is 1.73. The average molecular weight is 710 g/mol. The standard InChI is InChI=1S/C30H35Br2N3O5S/c1-5-6-17-33-30(37)22(3)34(19-23-9-11-24(31)12-10-23)29(36)20-35(25-13-7-21(2)8-14-25)41(38,39)26-15-16-28(40-4)27(32)18-26/h7-16,18,22H,5-6,17,19-20H2,1-4H3,(H,33,37)/t22-/m1/s1. The van der Waals surface area contributed by atoms with E-state index >= 15 is 0 Å². The Morgan fingerprint density at radius 3 is 2.24 bits per heavy atom. The number of ether oxygens (including phenoxy) is 1. The number of methoxy groups -OCH3 is 1. The molecule has 0 heterocycles. The van der Waals surface area contributed by atoms with Crippen LogP contribution in [0.15, 0.2) is 80.6 Å². The highest BCUT2D eigenvalue weighted by atomic mass is 79.9. The second kappa shape index (κ2) is 14.8. The molecule has 0 spiro atoms. The minimum Gasteiger partial charge on any atom is -0.496 e. The van der Waals surface area contributed by atoms with Gasteiger partial charge in [-0.1, -0.05) is 59.1 Å². The molecule has 0 aromatic heterocycles. The first-order chi connectivity index (χ1) is 19.5. The number of aryl methyl sites for hydroxylation is 1. The molecule has 3 rings (SSSR count). The summed E-state index contributed by atoms with van der Waals surface area (Å²) in [4.78, 5) is 28.5. The first-order valence-electron chi connectivity index (χ1n) is 13.2. The molecule has 2 amide bonds. The third kappa shape index (κ3) is 8.56. The summed E-state index contributed by atoms with van der Waals surface area (Å²) in [6.45, 7) is 5.70. The summed E-state index contributed by atoms with van der Waals surface area (Å²) >= 11 is 6.78. The van der Waals surface area contributed by atoms with Crippen molar-refractivity contribution in [3.8, 4) is 5.75 Å². The van der Waals surface area contributed by atoms with E-state index in [4.69, 9.17) is 4.74 Å². The van der Waals surface area contributed by atoms with E-state index in [-0.39, 0.29) is 17.3 Å². The summed E-state index contributed by atoms with van der Waals surface area (Å²) in [5.74, 6) is -0.332. The number of anilines is 1. The zero-order chi connectivity index (χ0) is 30.2. The van der Waals surface area contributed by atoms with Gasteiger partial charge in [0.25, 0.3) is 10.0 Å². The topological polar surface area (TPSA) is 96.0 Å². The summed E-state index contributed by atoms with van der Waals surface area (Å²) in [7, 11) is -2.70. The molecule has 0 fully saturated rings. The quantitative estimate of drug-likeness (QED) is 0.218. The summed E-state index contributed by atoms with van der Waals surface area (Å²) in [5.41, 5.74) is 2.08. The SMILES string of the molecule is CCCCNC(=O)[C@@H](C)N(Cc1ccc(Br)cc1)C(=O)CN(c1ccc(C)cc1)S(=O)(=O)c1ccc(OC)c(Br)c1. The zero-order valence-corrected chi connectivity index (χ0v) is 27.6. The van der Waals surface area contributed by atoms with Crippen LogP contribution in [0.2, 0.25) is 0 Å². The molecule has 1 N–H and O–H groups in total. The van der Waals surface area contributed by atoms with Crippen LogP contribution < -0.4 is 14.4 Å². The van der Waals surface area contributed by atoms with Crippen LogP contribution in [0.25, 0.3) is 0 Å². The number of nitrogens with zero attached hydrogens (tertiary/aromatic N) is 2. The van der Waals surface area contributed by atoms with E-state index < -0.39 is 28.5 Å². The number of amides is 2. The van der Waals surface area contributed by atoms with E-state index in [0.29, 0.717) is 22.5 Å². The number of sulfonamides is 1. The first kappa shape index (κ1) is 32.6. The van der Waals surface area contributed by atoms with Crippen molar-refractivity contribution >= 4 is 59.4 Å². The Bertz CT molecular complexity index is 1450. The first-order valence-corrected chi connectivity index (χ1v) is 16.2. The maximum atomic E-state index is 14.0. The highest BCUT2D eigenvalue weighted by Crippen LogP contribution is 2.31. The molecule has 0 aliphatic heterocycles. The van der Waals surface area contributed by atoms with E-state index in [1.807, 2.05) is 38.1 Å². The molecule has 0 saturated heterocycles. The highest BCUT2D eigenvalue weighted by molar-refractivity contribution is 9.10. The summed E-state index contributed by atoms with van der Waals surface area (Å²) in [5, 5.41) is 2.89. The molecule has 0 saturated carbocycles. The van der Waals surface area contributed by atoms with Crippen LogP contribution in [0.1, 0.15) is 37.8 Å². The Kier molecular flexibility index (Phi) is 11.8. The second-order valence-electron chi connectivity index (χ2n) is 9.61. The molecule has 8 nitrogen and oxygen atoms in total. The normalized spacial score (nSPS) is 12.0. The fourth-order valence-corrected chi connectivity index (χ4v) is 6.48. The Balaban J connectivity index is 2.01. The molecule has 41 heavy (non-hydrogen) atoms. The molecule has 220 valence electrons. The third-order valence-electron chi connectivity index (χ3n) is 6.58. The predicted molar refractivity (Wildman–Crippen MR) is 168 cm³/mol.